The number of halogens is 2. The van der Waals surface area contributed by atoms with Gasteiger partial charge in [0.25, 0.3) is 4.84 Å². The van der Waals surface area contributed by atoms with Crippen LogP contribution in [0.25, 0.3) is 0 Å². The van der Waals surface area contributed by atoms with E-state index in [0.29, 0.717) is 22.8 Å². The SMILES string of the molecule is CCC(Oc1ccc(F)cc1F)SCc1c[nH]c(=S)o1. The van der Waals surface area contributed by atoms with Crippen LogP contribution in [0.1, 0.15) is 19.1 Å². The van der Waals surface area contributed by atoms with E-state index in [0.717, 1.165) is 6.07 Å². The third-order valence-electron chi connectivity index (χ3n) is 2.47. The third-order valence-corrected chi connectivity index (χ3v) is 3.93. The number of oxazole rings is 1. The average molecular weight is 317 g/mol. The first kappa shape index (κ1) is 15.1. The molecule has 0 amide bonds. The highest BCUT2D eigenvalue weighted by molar-refractivity contribution is 7.99. The Kier molecular flexibility index (Phi) is 5.19. The van der Waals surface area contributed by atoms with Crippen LogP contribution in [0.3, 0.4) is 0 Å². The maximum absolute atomic E-state index is 13.5. The van der Waals surface area contributed by atoms with Crippen molar-refractivity contribution < 1.29 is 17.9 Å². The number of thioether (sulfide) groups is 1. The van der Waals surface area contributed by atoms with Gasteiger partial charge in [0, 0.05) is 12.3 Å². The van der Waals surface area contributed by atoms with Crippen molar-refractivity contribution in [3.63, 3.8) is 0 Å². The fourth-order valence-corrected chi connectivity index (χ4v) is 2.58. The van der Waals surface area contributed by atoms with Gasteiger partial charge in [0.2, 0.25) is 0 Å². The summed E-state index contributed by atoms with van der Waals surface area (Å²) in [6, 6.07) is 3.26. The highest BCUT2D eigenvalue weighted by atomic mass is 32.2. The third kappa shape index (κ3) is 4.08. The zero-order valence-corrected chi connectivity index (χ0v) is 12.3. The van der Waals surface area contributed by atoms with Crippen molar-refractivity contribution in [3.05, 3.63) is 46.6 Å². The van der Waals surface area contributed by atoms with E-state index < -0.39 is 11.6 Å². The van der Waals surface area contributed by atoms with Crippen molar-refractivity contribution in [2.24, 2.45) is 0 Å². The number of benzene rings is 1. The first-order chi connectivity index (χ1) is 9.58. The predicted molar refractivity (Wildman–Crippen MR) is 76.3 cm³/mol. The van der Waals surface area contributed by atoms with Gasteiger partial charge in [-0.3, -0.25) is 0 Å². The van der Waals surface area contributed by atoms with Gasteiger partial charge in [0.15, 0.2) is 11.6 Å². The number of hydrogen-bond donors (Lipinski definition) is 1. The van der Waals surface area contributed by atoms with E-state index in [1.807, 2.05) is 6.92 Å². The minimum absolute atomic E-state index is 0.0423. The molecule has 0 aliphatic heterocycles. The van der Waals surface area contributed by atoms with Crippen LogP contribution < -0.4 is 4.74 Å². The molecule has 0 saturated heterocycles. The molecule has 2 rings (SSSR count). The smallest absolute Gasteiger partial charge is 0.266 e. The number of ether oxygens (including phenoxy) is 1. The van der Waals surface area contributed by atoms with Crippen LogP contribution in [0.15, 0.2) is 28.8 Å². The lowest BCUT2D eigenvalue weighted by atomic mass is 10.3. The maximum atomic E-state index is 13.5. The molecule has 108 valence electrons. The summed E-state index contributed by atoms with van der Waals surface area (Å²) in [4.78, 5) is 3.09. The zero-order chi connectivity index (χ0) is 14.5. The molecular weight excluding hydrogens is 304 g/mol. The molecule has 0 fully saturated rings. The van der Waals surface area contributed by atoms with E-state index in [9.17, 15) is 8.78 Å². The second-order valence-corrected chi connectivity index (χ2v) is 5.50. The van der Waals surface area contributed by atoms with Crippen LogP contribution in [-0.2, 0) is 5.75 Å². The monoisotopic (exact) mass is 317 g/mol. The lowest BCUT2D eigenvalue weighted by molar-refractivity contribution is 0.269. The van der Waals surface area contributed by atoms with Crippen molar-refractivity contribution in [1.29, 1.82) is 0 Å². The van der Waals surface area contributed by atoms with Crippen molar-refractivity contribution in [2.45, 2.75) is 24.5 Å². The first-order valence-corrected chi connectivity index (χ1v) is 7.45. The van der Waals surface area contributed by atoms with Crippen LogP contribution in [0, 0.1) is 16.5 Å². The molecule has 3 nitrogen and oxygen atoms in total. The summed E-state index contributed by atoms with van der Waals surface area (Å²) in [5.41, 5.74) is -0.256. The Morgan fingerprint density at radius 3 is 2.85 bits per heavy atom. The minimum Gasteiger partial charge on any atom is -0.477 e. The molecule has 1 aromatic carbocycles. The molecule has 20 heavy (non-hydrogen) atoms. The van der Waals surface area contributed by atoms with E-state index in [1.54, 1.807) is 6.20 Å². The quantitative estimate of drug-likeness (QED) is 0.621. The number of hydrogen-bond acceptors (Lipinski definition) is 4. The van der Waals surface area contributed by atoms with Crippen LogP contribution in [0.5, 0.6) is 5.75 Å². The van der Waals surface area contributed by atoms with Crippen LogP contribution in [0.2, 0.25) is 0 Å². The minimum atomic E-state index is -0.705. The highest BCUT2D eigenvalue weighted by Crippen LogP contribution is 2.26. The van der Waals surface area contributed by atoms with Crippen LogP contribution in [0.4, 0.5) is 8.78 Å². The van der Waals surface area contributed by atoms with Crippen molar-refractivity contribution in [2.75, 3.05) is 0 Å². The van der Waals surface area contributed by atoms with E-state index in [1.165, 1.54) is 23.9 Å². The molecule has 0 radical (unpaired) electrons. The van der Waals surface area contributed by atoms with Crippen molar-refractivity contribution >= 4 is 24.0 Å². The maximum Gasteiger partial charge on any atom is 0.266 e. The zero-order valence-electron chi connectivity index (χ0n) is 10.7. The first-order valence-electron chi connectivity index (χ1n) is 5.99. The van der Waals surface area contributed by atoms with Crippen molar-refractivity contribution in [3.8, 4) is 5.75 Å². The van der Waals surface area contributed by atoms with Gasteiger partial charge in [-0.15, -0.1) is 11.8 Å². The summed E-state index contributed by atoms with van der Waals surface area (Å²) in [5.74, 6) is -0.0423. The van der Waals surface area contributed by atoms with Gasteiger partial charge < -0.3 is 14.1 Å². The van der Waals surface area contributed by atoms with Gasteiger partial charge in [-0.1, -0.05) is 6.92 Å². The van der Waals surface area contributed by atoms with E-state index >= 15 is 0 Å². The van der Waals surface area contributed by atoms with Crippen LogP contribution in [-0.4, -0.2) is 10.4 Å². The standard InChI is InChI=1S/C13H13F2NO2S2/c1-2-12(20-7-9-6-16-13(19)17-9)18-11-4-3-8(14)5-10(11)15/h3-6,12H,2,7H2,1H3,(H,16,19). The van der Waals surface area contributed by atoms with E-state index in [-0.39, 0.29) is 11.2 Å². The highest BCUT2D eigenvalue weighted by Gasteiger charge is 2.13. The van der Waals surface area contributed by atoms with Crippen molar-refractivity contribution in [1.82, 2.24) is 4.98 Å². The Labute approximate surface area is 124 Å². The molecule has 7 heteroatoms. The normalized spacial score (nSPS) is 12.3. The summed E-state index contributed by atoms with van der Waals surface area (Å²) in [5, 5.41) is 0. The molecule has 0 aliphatic carbocycles. The van der Waals surface area contributed by atoms with Gasteiger partial charge in [-0.25, -0.2) is 8.78 Å². The Hall–Kier alpha value is -1.34. The lowest BCUT2D eigenvalue weighted by Crippen LogP contribution is -2.12. The molecule has 0 saturated carbocycles. The Bertz CT molecular complexity index is 627. The summed E-state index contributed by atoms with van der Waals surface area (Å²) >= 11 is 6.28. The largest absolute Gasteiger partial charge is 0.477 e. The number of rotatable bonds is 6. The van der Waals surface area contributed by atoms with Gasteiger partial charge >= 0.3 is 0 Å². The summed E-state index contributed by atoms with van der Waals surface area (Å²) in [6.07, 6.45) is 2.35. The second kappa shape index (κ2) is 6.90. The van der Waals surface area contributed by atoms with Gasteiger partial charge in [-0.2, -0.15) is 0 Å². The van der Waals surface area contributed by atoms with E-state index in [2.05, 4.69) is 4.98 Å². The molecule has 0 bridgehead atoms. The van der Waals surface area contributed by atoms with Gasteiger partial charge in [-0.05, 0) is 30.8 Å². The summed E-state index contributed by atoms with van der Waals surface area (Å²) in [6.45, 7) is 1.92. The average Bonchev–Trinajstić information content (AvgIpc) is 2.82. The lowest BCUT2D eigenvalue weighted by Gasteiger charge is -2.16. The van der Waals surface area contributed by atoms with Crippen LogP contribution >= 0.6 is 24.0 Å². The topological polar surface area (TPSA) is 38.2 Å². The molecule has 1 aromatic heterocycles. The Morgan fingerprint density at radius 2 is 2.25 bits per heavy atom. The second-order valence-electron chi connectivity index (χ2n) is 3.99. The fourth-order valence-electron chi connectivity index (χ4n) is 1.51. The van der Waals surface area contributed by atoms with Gasteiger partial charge in [0.05, 0.1) is 5.75 Å². The number of aromatic nitrogens is 1. The molecule has 1 N–H and O–H groups in total. The van der Waals surface area contributed by atoms with Gasteiger partial charge in [0.1, 0.15) is 17.0 Å². The molecule has 0 spiro atoms. The molecule has 1 unspecified atom stereocenters. The number of H-pyrrole nitrogens is 1. The van der Waals surface area contributed by atoms with E-state index in [4.69, 9.17) is 21.4 Å². The number of nitrogens with one attached hydrogen (secondary N) is 1. The molecule has 2 aromatic rings. The Balaban J connectivity index is 1.96. The predicted octanol–water partition coefficient (Wildman–Crippen LogP) is 4.66. The molecular formula is C13H13F2NO2S2. The molecule has 0 aliphatic rings. The fraction of sp³-hybridized carbons (Fsp3) is 0.308. The number of aromatic amines is 1. The molecule has 1 atom stereocenters. The summed E-state index contributed by atoms with van der Waals surface area (Å²) in [7, 11) is 0. The molecule has 1 heterocycles. The Morgan fingerprint density at radius 1 is 1.45 bits per heavy atom. The summed E-state index contributed by atoms with van der Waals surface area (Å²) < 4.78 is 37.1.